The average molecular weight is 339 g/mol. The van der Waals surface area contributed by atoms with Crippen molar-refractivity contribution in [2.75, 3.05) is 6.54 Å². The third-order valence-corrected chi connectivity index (χ3v) is 3.85. The average Bonchev–Trinajstić information content (AvgIpc) is 2.43. The Morgan fingerprint density at radius 2 is 1.84 bits per heavy atom. The van der Waals surface area contributed by atoms with Crippen LogP contribution in [0.15, 0.2) is 53.0 Å². The number of halogens is 2. The normalized spacial score (nSPS) is 10.6. The minimum atomic E-state index is 0.813. The minimum absolute atomic E-state index is 0.813. The highest BCUT2D eigenvalue weighted by Crippen LogP contribution is 2.20. The Kier molecular flexibility index (Phi) is 5.90. The van der Waals surface area contributed by atoms with Gasteiger partial charge in [0, 0.05) is 16.0 Å². The molecule has 2 aromatic carbocycles. The van der Waals surface area contributed by atoms with Crippen LogP contribution in [0, 0.1) is 0 Å². The highest BCUT2D eigenvalue weighted by atomic mass is 79.9. The van der Waals surface area contributed by atoms with Gasteiger partial charge in [-0.1, -0.05) is 57.9 Å². The van der Waals surface area contributed by atoms with E-state index in [4.69, 9.17) is 11.6 Å². The second kappa shape index (κ2) is 7.68. The van der Waals surface area contributed by atoms with Crippen LogP contribution in [0.5, 0.6) is 0 Å². The molecule has 0 saturated carbocycles. The Balaban J connectivity index is 1.71. The van der Waals surface area contributed by atoms with E-state index in [1.54, 1.807) is 0 Å². The molecule has 0 saturated heterocycles. The lowest BCUT2D eigenvalue weighted by molar-refractivity contribution is 0.649. The van der Waals surface area contributed by atoms with Crippen molar-refractivity contribution in [1.29, 1.82) is 0 Å². The SMILES string of the molecule is Clc1ccc(Br)cc1CNCCCc1ccccc1. The van der Waals surface area contributed by atoms with E-state index in [0.29, 0.717) is 0 Å². The summed E-state index contributed by atoms with van der Waals surface area (Å²) in [6, 6.07) is 16.5. The largest absolute Gasteiger partial charge is 0.313 e. The molecule has 0 amide bonds. The molecule has 0 aromatic heterocycles. The molecule has 1 N–H and O–H groups in total. The smallest absolute Gasteiger partial charge is 0.0451 e. The lowest BCUT2D eigenvalue weighted by Gasteiger charge is -2.07. The predicted octanol–water partition coefficient (Wildman–Crippen LogP) is 4.82. The van der Waals surface area contributed by atoms with Crippen LogP contribution in [0.4, 0.5) is 0 Å². The van der Waals surface area contributed by atoms with Gasteiger partial charge in [-0.15, -0.1) is 0 Å². The standard InChI is InChI=1S/C16H17BrClN/c17-15-8-9-16(18)14(11-15)12-19-10-4-7-13-5-2-1-3-6-13/h1-3,5-6,8-9,11,19H,4,7,10,12H2. The van der Waals surface area contributed by atoms with Gasteiger partial charge in [0.2, 0.25) is 0 Å². The maximum Gasteiger partial charge on any atom is 0.0451 e. The summed E-state index contributed by atoms with van der Waals surface area (Å²) in [5, 5.41) is 4.25. The minimum Gasteiger partial charge on any atom is -0.313 e. The molecule has 0 radical (unpaired) electrons. The molecule has 0 bridgehead atoms. The van der Waals surface area contributed by atoms with Gasteiger partial charge >= 0.3 is 0 Å². The second-order valence-electron chi connectivity index (χ2n) is 4.50. The summed E-state index contributed by atoms with van der Waals surface area (Å²) < 4.78 is 1.07. The van der Waals surface area contributed by atoms with Gasteiger partial charge in [-0.3, -0.25) is 0 Å². The van der Waals surface area contributed by atoms with Crippen LogP contribution in [-0.2, 0) is 13.0 Å². The second-order valence-corrected chi connectivity index (χ2v) is 5.82. The van der Waals surface area contributed by atoms with Crippen LogP contribution in [0.25, 0.3) is 0 Å². The quantitative estimate of drug-likeness (QED) is 0.744. The van der Waals surface area contributed by atoms with Gasteiger partial charge in [0.25, 0.3) is 0 Å². The van der Waals surface area contributed by atoms with E-state index in [9.17, 15) is 0 Å². The van der Waals surface area contributed by atoms with E-state index in [2.05, 4.69) is 57.6 Å². The Labute approximate surface area is 128 Å². The van der Waals surface area contributed by atoms with Crippen LogP contribution in [0.2, 0.25) is 5.02 Å². The van der Waals surface area contributed by atoms with Crippen LogP contribution >= 0.6 is 27.5 Å². The van der Waals surface area contributed by atoms with E-state index in [-0.39, 0.29) is 0 Å². The monoisotopic (exact) mass is 337 g/mol. The summed E-state index contributed by atoms with van der Waals surface area (Å²) in [5.74, 6) is 0. The van der Waals surface area contributed by atoms with Crippen molar-refractivity contribution in [3.05, 3.63) is 69.2 Å². The first-order valence-electron chi connectivity index (χ1n) is 6.44. The van der Waals surface area contributed by atoms with Gasteiger partial charge in [-0.2, -0.15) is 0 Å². The number of nitrogens with one attached hydrogen (secondary N) is 1. The molecule has 19 heavy (non-hydrogen) atoms. The van der Waals surface area contributed by atoms with Gasteiger partial charge in [0.1, 0.15) is 0 Å². The van der Waals surface area contributed by atoms with Crippen LogP contribution in [0.1, 0.15) is 17.5 Å². The first kappa shape index (κ1) is 14.6. The third kappa shape index (κ3) is 4.98. The zero-order valence-electron chi connectivity index (χ0n) is 10.7. The molecule has 100 valence electrons. The highest BCUT2D eigenvalue weighted by Gasteiger charge is 2.00. The molecule has 0 unspecified atom stereocenters. The van der Waals surface area contributed by atoms with Gasteiger partial charge < -0.3 is 5.32 Å². The molecule has 3 heteroatoms. The van der Waals surface area contributed by atoms with Gasteiger partial charge in [-0.05, 0) is 48.7 Å². The van der Waals surface area contributed by atoms with E-state index in [1.807, 2.05) is 12.1 Å². The lowest BCUT2D eigenvalue weighted by atomic mass is 10.1. The Morgan fingerprint density at radius 3 is 2.63 bits per heavy atom. The summed E-state index contributed by atoms with van der Waals surface area (Å²) in [4.78, 5) is 0. The Hall–Kier alpha value is -0.830. The molecule has 0 aliphatic heterocycles. The lowest BCUT2D eigenvalue weighted by Crippen LogP contribution is -2.15. The molecule has 0 spiro atoms. The Morgan fingerprint density at radius 1 is 1.05 bits per heavy atom. The third-order valence-electron chi connectivity index (χ3n) is 2.99. The number of hydrogen-bond donors (Lipinski definition) is 1. The van der Waals surface area contributed by atoms with Crippen molar-refractivity contribution >= 4 is 27.5 Å². The van der Waals surface area contributed by atoms with Crippen molar-refractivity contribution < 1.29 is 0 Å². The molecule has 2 rings (SSSR count). The zero-order chi connectivity index (χ0) is 13.5. The topological polar surface area (TPSA) is 12.0 Å². The summed E-state index contributed by atoms with van der Waals surface area (Å²) in [6.45, 7) is 1.81. The number of benzene rings is 2. The summed E-state index contributed by atoms with van der Waals surface area (Å²) in [7, 11) is 0. The van der Waals surface area contributed by atoms with Crippen molar-refractivity contribution in [2.24, 2.45) is 0 Å². The first-order valence-corrected chi connectivity index (χ1v) is 7.61. The van der Waals surface area contributed by atoms with Crippen LogP contribution in [-0.4, -0.2) is 6.54 Å². The van der Waals surface area contributed by atoms with Crippen LogP contribution in [0.3, 0.4) is 0 Å². The van der Waals surface area contributed by atoms with Crippen molar-refractivity contribution in [1.82, 2.24) is 5.32 Å². The summed E-state index contributed by atoms with van der Waals surface area (Å²) in [5.41, 5.74) is 2.53. The molecule has 0 fully saturated rings. The molecule has 0 atom stereocenters. The van der Waals surface area contributed by atoms with Gasteiger partial charge in [-0.25, -0.2) is 0 Å². The van der Waals surface area contributed by atoms with Crippen molar-refractivity contribution in [3.63, 3.8) is 0 Å². The molecule has 1 nitrogen and oxygen atoms in total. The number of rotatable bonds is 6. The molecular weight excluding hydrogens is 322 g/mol. The fraction of sp³-hybridized carbons (Fsp3) is 0.250. The molecule has 2 aromatic rings. The maximum atomic E-state index is 6.14. The number of aryl methyl sites for hydroxylation is 1. The zero-order valence-corrected chi connectivity index (χ0v) is 13.0. The molecule has 0 aliphatic rings. The fourth-order valence-electron chi connectivity index (χ4n) is 1.96. The molecular formula is C16H17BrClN. The fourth-order valence-corrected chi connectivity index (χ4v) is 2.56. The number of hydrogen-bond acceptors (Lipinski definition) is 1. The predicted molar refractivity (Wildman–Crippen MR) is 85.6 cm³/mol. The summed E-state index contributed by atoms with van der Waals surface area (Å²) in [6.07, 6.45) is 2.25. The van der Waals surface area contributed by atoms with E-state index in [1.165, 1.54) is 5.56 Å². The van der Waals surface area contributed by atoms with E-state index >= 15 is 0 Å². The van der Waals surface area contributed by atoms with Crippen LogP contribution < -0.4 is 5.32 Å². The molecule has 0 heterocycles. The molecule has 0 aliphatic carbocycles. The maximum absolute atomic E-state index is 6.14. The highest BCUT2D eigenvalue weighted by molar-refractivity contribution is 9.10. The van der Waals surface area contributed by atoms with Gasteiger partial charge in [0.15, 0.2) is 0 Å². The van der Waals surface area contributed by atoms with Crippen molar-refractivity contribution in [3.8, 4) is 0 Å². The summed E-state index contributed by atoms with van der Waals surface area (Å²) >= 11 is 9.61. The van der Waals surface area contributed by atoms with E-state index < -0.39 is 0 Å². The van der Waals surface area contributed by atoms with E-state index in [0.717, 1.165) is 41.0 Å². The first-order chi connectivity index (χ1) is 9.25. The van der Waals surface area contributed by atoms with Gasteiger partial charge in [0.05, 0.1) is 0 Å². The van der Waals surface area contributed by atoms with Crippen molar-refractivity contribution in [2.45, 2.75) is 19.4 Å². The Bertz CT molecular complexity index is 513.